The predicted octanol–water partition coefficient (Wildman–Crippen LogP) is 1.28. The molecule has 0 fully saturated rings. The van der Waals surface area contributed by atoms with Gasteiger partial charge >= 0.3 is 0 Å². The lowest BCUT2D eigenvalue weighted by Crippen LogP contribution is -2.07. The second kappa shape index (κ2) is 4.16. The molecule has 7 heteroatoms. The van der Waals surface area contributed by atoms with Crippen molar-refractivity contribution in [3.8, 4) is 0 Å². The normalized spacial score (nSPS) is 11.1. The molecule has 0 bridgehead atoms. The predicted molar refractivity (Wildman–Crippen MR) is 56.3 cm³/mol. The van der Waals surface area contributed by atoms with Crippen LogP contribution in [0.25, 0.3) is 0 Å². The Labute approximate surface area is 91.9 Å². The molecule has 1 aromatic heterocycles. The zero-order valence-electron chi connectivity index (χ0n) is 8.11. The molecule has 1 rings (SSSR count). The van der Waals surface area contributed by atoms with E-state index in [-0.39, 0.29) is 10.9 Å². The van der Waals surface area contributed by atoms with Gasteiger partial charge < -0.3 is 5.32 Å². The molecule has 0 saturated carbocycles. The second-order valence-corrected chi connectivity index (χ2v) is 5.45. The number of amides is 1. The molecule has 0 aliphatic heterocycles. The summed E-state index contributed by atoms with van der Waals surface area (Å²) in [4.78, 5) is 14.4. The lowest BCUT2D eigenvalue weighted by Gasteiger charge is -2.05. The number of anilines is 1. The number of halogens is 1. The molecule has 0 radical (unpaired) electrons. The van der Waals surface area contributed by atoms with E-state index >= 15 is 0 Å². The van der Waals surface area contributed by atoms with Crippen molar-refractivity contribution < 1.29 is 13.2 Å². The summed E-state index contributed by atoms with van der Waals surface area (Å²) in [6.45, 7) is 2.90. The molecule has 0 spiro atoms. The fourth-order valence-electron chi connectivity index (χ4n) is 1.09. The van der Waals surface area contributed by atoms with E-state index in [0.29, 0.717) is 11.3 Å². The molecule has 0 aromatic carbocycles. The molecule has 0 saturated heterocycles. The lowest BCUT2D eigenvalue weighted by molar-refractivity contribution is -0.114. The van der Waals surface area contributed by atoms with Crippen LogP contribution in [0, 0.1) is 6.92 Å². The fraction of sp³-hybridized carbons (Fsp3) is 0.250. The Morgan fingerprint density at radius 1 is 1.53 bits per heavy atom. The van der Waals surface area contributed by atoms with Gasteiger partial charge in [0.25, 0.3) is 9.05 Å². The number of nitrogens with one attached hydrogen (secondary N) is 1. The minimum absolute atomic E-state index is 0.196. The van der Waals surface area contributed by atoms with Gasteiger partial charge in [0.15, 0.2) is 5.03 Å². The average molecular weight is 249 g/mol. The SMILES string of the molecule is CC(=O)Nc1cnc(S(=O)(=O)Cl)c(C)c1. The highest BCUT2D eigenvalue weighted by molar-refractivity contribution is 8.13. The molecular weight excluding hydrogens is 240 g/mol. The van der Waals surface area contributed by atoms with Gasteiger partial charge in [-0.15, -0.1) is 0 Å². The Kier molecular flexibility index (Phi) is 3.31. The summed E-state index contributed by atoms with van der Waals surface area (Å²) in [5.41, 5.74) is 0.820. The quantitative estimate of drug-likeness (QED) is 0.800. The number of hydrogen-bond donors (Lipinski definition) is 1. The van der Waals surface area contributed by atoms with Crippen molar-refractivity contribution in [2.75, 3.05) is 5.32 Å². The standard InChI is InChI=1S/C8H9ClN2O3S/c1-5-3-7(11-6(2)12)4-10-8(5)15(9,13)14/h3-4H,1-2H3,(H,11,12). The maximum Gasteiger partial charge on any atom is 0.278 e. The number of aryl methyl sites for hydroxylation is 1. The molecule has 0 aliphatic carbocycles. The van der Waals surface area contributed by atoms with Crippen LogP contribution in [0.5, 0.6) is 0 Å². The van der Waals surface area contributed by atoms with E-state index in [1.807, 2.05) is 0 Å². The Morgan fingerprint density at radius 2 is 2.13 bits per heavy atom. The Bertz CT molecular complexity index is 499. The van der Waals surface area contributed by atoms with Crippen LogP contribution in [-0.2, 0) is 13.8 Å². The van der Waals surface area contributed by atoms with Gasteiger partial charge in [-0.3, -0.25) is 4.79 Å². The maximum atomic E-state index is 11.0. The van der Waals surface area contributed by atoms with Crippen molar-refractivity contribution in [3.63, 3.8) is 0 Å². The van der Waals surface area contributed by atoms with E-state index in [9.17, 15) is 13.2 Å². The number of pyridine rings is 1. The Hall–Kier alpha value is -1.14. The summed E-state index contributed by atoms with van der Waals surface area (Å²) in [6, 6.07) is 1.49. The van der Waals surface area contributed by atoms with E-state index in [2.05, 4.69) is 10.3 Å². The summed E-state index contributed by atoms with van der Waals surface area (Å²) in [7, 11) is 1.31. The van der Waals surface area contributed by atoms with Crippen LogP contribution in [0.3, 0.4) is 0 Å². The van der Waals surface area contributed by atoms with E-state index in [1.165, 1.54) is 19.2 Å². The van der Waals surface area contributed by atoms with Gasteiger partial charge in [-0.05, 0) is 18.6 Å². The van der Waals surface area contributed by atoms with Crippen molar-refractivity contribution in [2.24, 2.45) is 0 Å². The van der Waals surface area contributed by atoms with Crippen molar-refractivity contribution >= 4 is 31.3 Å². The number of nitrogens with zero attached hydrogens (tertiary/aromatic N) is 1. The molecule has 5 nitrogen and oxygen atoms in total. The molecule has 1 heterocycles. The van der Waals surface area contributed by atoms with Gasteiger partial charge in [-0.25, -0.2) is 13.4 Å². The van der Waals surface area contributed by atoms with Crippen LogP contribution >= 0.6 is 10.7 Å². The molecule has 1 amide bonds. The Balaban J connectivity index is 3.15. The molecule has 1 aromatic rings. The minimum Gasteiger partial charge on any atom is -0.325 e. The summed E-state index contributed by atoms with van der Waals surface area (Å²) < 4.78 is 22.0. The fourth-order valence-corrected chi connectivity index (χ4v) is 2.20. The number of hydrogen-bond acceptors (Lipinski definition) is 4. The average Bonchev–Trinajstić information content (AvgIpc) is 1.99. The number of carbonyl (C=O) groups excluding carboxylic acids is 1. The van der Waals surface area contributed by atoms with Crippen molar-refractivity contribution in [1.29, 1.82) is 0 Å². The van der Waals surface area contributed by atoms with Crippen molar-refractivity contribution in [1.82, 2.24) is 4.98 Å². The van der Waals surface area contributed by atoms with Crippen LogP contribution < -0.4 is 5.32 Å². The van der Waals surface area contributed by atoms with Gasteiger partial charge in [0.05, 0.1) is 11.9 Å². The molecule has 0 aliphatic rings. The molecule has 0 atom stereocenters. The largest absolute Gasteiger partial charge is 0.325 e. The van der Waals surface area contributed by atoms with E-state index in [1.54, 1.807) is 6.92 Å². The maximum absolute atomic E-state index is 11.0. The van der Waals surface area contributed by atoms with Gasteiger partial charge in [-0.2, -0.15) is 0 Å². The van der Waals surface area contributed by atoms with E-state index in [0.717, 1.165) is 0 Å². The summed E-state index contributed by atoms with van der Waals surface area (Å²) in [5.74, 6) is -0.252. The summed E-state index contributed by atoms with van der Waals surface area (Å²) in [5, 5.41) is 2.29. The minimum atomic E-state index is -3.83. The van der Waals surface area contributed by atoms with Gasteiger partial charge in [0, 0.05) is 17.6 Å². The van der Waals surface area contributed by atoms with E-state index in [4.69, 9.17) is 10.7 Å². The highest BCUT2D eigenvalue weighted by atomic mass is 35.7. The third-order valence-corrected chi connectivity index (χ3v) is 2.91. The van der Waals surface area contributed by atoms with Crippen LogP contribution in [0.4, 0.5) is 5.69 Å². The third-order valence-electron chi connectivity index (χ3n) is 1.58. The van der Waals surface area contributed by atoms with Crippen molar-refractivity contribution in [3.05, 3.63) is 17.8 Å². The highest BCUT2D eigenvalue weighted by Gasteiger charge is 2.15. The number of aromatic nitrogens is 1. The smallest absolute Gasteiger partial charge is 0.278 e. The highest BCUT2D eigenvalue weighted by Crippen LogP contribution is 2.19. The van der Waals surface area contributed by atoms with Gasteiger partial charge in [0.2, 0.25) is 5.91 Å². The summed E-state index contributed by atoms with van der Waals surface area (Å²) >= 11 is 0. The second-order valence-electron chi connectivity index (χ2n) is 2.97. The number of carbonyl (C=O) groups is 1. The number of rotatable bonds is 2. The van der Waals surface area contributed by atoms with Crippen LogP contribution in [0.2, 0.25) is 0 Å². The summed E-state index contributed by atoms with van der Waals surface area (Å²) in [6.07, 6.45) is 1.24. The molecule has 1 N–H and O–H groups in total. The molecule has 15 heavy (non-hydrogen) atoms. The first kappa shape index (κ1) is 11.9. The zero-order chi connectivity index (χ0) is 11.6. The monoisotopic (exact) mass is 248 g/mol. The third kappa shape index (κ3) is 3.17. The first-order valence-corrected chi connectivity index (χ1v) is 6.30. The van der Waals surface area contributed by atoms with Crippen LogP contribution in [0.15, 0.2) is 17.3 Å². The Morgan fingerprint density at radius 3 is 2.53 bits per heavy atom. The van der Waals surface area contributed by atoms with Crippen LogP contribution in [-0.4, -0.2) is 19.3 Å². The van der Waals surface area contributed by atoms with Gasteiger partial charge in [-0.1, -0.05) is 0 Å². The topological polar surface area (TPSA) is 76.1 Å². The van der Waals surface area contributed by atoms with Crippen molar-refractivity contribution in [2.45, 2.75) is 18.9 Å². The molecule has 82 valence electrons. The molecular formula is C8H9ClN2O3S. The lowest BCUT2D eigenvalue weighted by atomic mass is 10.3. The first-order valence-electron chi connectivity index (χ1n) is 3.99. The first-order chi connectivity index (χ1) is 6.80. The van der Waals surface area contributed by atoms with Crippen LogP contribution in [0.1, 0.15) is 12.5 Å². The molecule has 0 unspecified atom stereocenters. The zero-order valence-corrected chi connectivity index (χ0v) is 9.69. The van der Waals surface area contributed by atoms with Gasteiger partial charge in [0.1, 0.15) is 0 Å². The van der Waals surface area contributed by atoms with E-state index < -0.39 is 9.05 Å².